The molecular formula is C13H31N2O5Si+. The van der Waals surface area contributed by atoms with Crippen LogP contribution < -0.4 is 5.32 Å². The fourth-order valence-electron chi connectivity index (χ4n) is 2.07. The predicted molar refractivity (Wildman–Crippen MR) is 82.7 cm³/mol. The summed E-state index contributed by atoms with van der Waals surface area (Å²) in [5.74, 6) is -0.143. The maximum atomic E-state index is 11.7. The van der Waals surface area contributed by atoms with Gasteiger partial charge in [-0.2, -0.15) is 0 Å². The second kappa shape index (κ2) is 9.49. The minimum atomic E-state index is -2.56. The van der Waals surface area contributed by atoms with E-state index >= 15 is 0 Å². The molecule has 1 amide bonds. The van der Waals surface area contributed by atoms with E-state index in [1.165, 1.54) is 0 Å². The van der Waals surface area contributed by atoms with E-state index in [9.17, 15) is 9.90 Å². The van der Waals surface area contributed by atoms with Gasteiger partial charge in [-0.05, 0) is 6.42 Å². The van der Waals surface area contributed by atoms with E-state index < -0.39 is 14.9 Å². The number of quaternary nitrogens is 1. The molecule has 0 aliphatic rings. The van der Waals surface area contributed by atoms with Crippen LogP contribution in [-0.2, 0) is 18.1 Å². The molecule has 0 saturated heterocycles. The van der Waals surface area contributed by atoms with Crippen molar-refractivity contribution in [3.05, 3.63) is 0 Å². The summed E-state index contributed by atoms with van der Waals surface area (Å²) in [6.45, 7) is 1.06. The molecule has 0 spiro atoms. The molecule has 0 radical (unpaired) electrons. The van der Waals surface area contributed by atoms with E-state index in [1.54, 1.807) is 21.3 Å². The molecule has 0 rings (SSSR count). The number of hydrogen-bond acceptors (Lipinski definition) is 5. The zero-order valence-electron chi connectivity index (χ0n) is 14.1. The van der Waals surface area contributed by atoms with Crippen LogP contribution in [0.1, 0.15) is 12.8 Å². The number of nitrogens with zero attached hydrogens (tertiary/aromatic N) is 1. The predicted octanol–water partition coefficient (Wildman–Crippen LogP) is -0.172. The molecule has 0 aromatic rings. The van der Waals surface area contributed by atoms with Crippen LogP contribution in [0.2, 0.25) is 6.04 Å². The second-order valence-electron chi connectivity index (χ2n) is 6.08. The average molecular weight is 323 g/mol. The van der Waals surface area contributed by atoms with Crippen LogP contribution in [0.4, 0.5) is 0 Å². The van der Waals surface area contributed by atoms with Gasteiger partial charge in [0.1, 0.15) is 12.6 Å². The third-order valence-corrected chi connectivity index (χ3v) is 5.93. The van der Waals surface area contributed by atoms with Gasteiger partial charge in [0.2, 0.25) is 5.91 Å². The lowest BCUT2D eigenvalue weighted by Gasteiger charge is -2.26. The Hall–Kier alpha value is -0.513. The van der Waals surface area contributed by atoms with Gasteiger partial charge in [0.15, 0.2) is 0 Å². The van der Waals surface area contributed by atoms with Gasteiger partial charge in [0.25, 0.3) is 0 Å². The van der Waals surface area contributed by atoms with Crippen molar-refractivity contribution < 1.29 is 27.7 Å². The van der Waals surface area contributed by atoms with Crippen molar-refractivity contribution in [3.63, 3.8) is 0 Å². The van der Waals surface area contributed by atoms with Gasteiger partial charge < -0.3 is 28.2 Å². The van der Waals surface area contributed by atoms with E-state index in [-0.39, 0.29) is 12.3 Å². The van der Waals surface area contributed by atoms with Crippen LogP contribution >= 0.6 is 0 Å². The summed E-state index contributed by atoms with van der Waals surface area (Å²) in [4.78, 5) is 11.7. The standard InChI is InChI=1S/C13H30N2O5Si/c1-15(2,3)11-12(16)10-13(17)14-8-7-9-21(18-4,19-5)20-6/h12,16H,7-11H2,1-6H3/p+1. The van der Waals surface area contributed by atoms with Gasteiger partial charge in [-0.25, -0.2) is 0 Å². The van der Waals surface area contributed by atoms with E-state index in [2.05, 4.69) is 5.32 Å². The molecule has 0 fully saturated rings. The van der Waals surface area contributed by atoms with Crippen molar-refractivity contribution in [3.8, 4) is 0 Å². The third kappa shape index (κ3) is 9.17. The summed E-state index contributed by atoms with van der Waals surface area (Å²) in [5, 5.41) is 12.6. The molecule has 8 heteroatoms. The normalized spacial score (nSPS) is 14.0. The molecule has 7 nitrogen and oxygen atoms in total. The van der Waals surface area contributed by atoms with Crippen molar-refractivity contribution in [2.75, 3.05) is 55.6 Å². The van der Waals surface area contributed by atoms with Crippen LogP contribution in [0.3, 0.4) is 0 Å². The van der Waals surface area contributed by atoms with Crippen LogP contribution in [-0.4, -0.2) is 86.0 Å². The number of carbonyl (C=O) groups excluding carboxylic acids is 1. The van der Waals surface area contributed by atoms with E-state index in [0.29, 0.717) is 30.0 Å². The summed E-state index contributed by atoms with van der Waals surface area (Å²) in [6, 6.07) is 0.637. The largest absolute Gasteiger partial charge is 0.500 e. The van der Waals surface area contributed by atoms with Gasteiger partial charge in [0, 0.05) is 33.9 Å². The molecule has 0 saturated carbocycles. The van der Waals surface area contributed by atoms with Gasteiger partial charge >= 0.3 is 8.80 Å². The van der Waals surface area contributed by atoms with Gasteiger partial charge in [-0.15, -0.1) is 0 Å². The molecule has 0 aromatic carbocycles. The molecule has 0 aliphatic heterocycles. The Morgan fingerprint density at radius 3 is 2.14 bits per heavy atom. The Morgan fingerprint density at radius 2 is 1.71 bits per heavy atom. The topological polar surface area (TPSA) is 77.0 Å². The molecule has 21 heavy (non-hydrogen) atoms. The first kappa shape index (κ1) is 20.5. The summed E-state index contributed by atoms with van der Waals surface area (Å²) in [7, 11) is 8.08. The number of amides is 1. The van der Waals surface area contributed by atoms with Crippen LogP contribution in [0, 0.1) is 0 Å². The monoisotopic (exact) mass is 323 g/mol. The smallest absolute Gasteiger partial charge is 0.387 e. The first-order chi connectivity index (χ1) is 9.68. The van der Waals surface area contributed by atoms with Crippen LogP contribution in [0.15, 0.2) is 0 Å². The maximum Gasteiger partial charge on any atom is 0.500 e. The molecule has 0 aromatic heterocycles. The lowest BCUT2D eigenvalue weighted by molar-refractivity contribution is -0.873. The highest BCUT2D eigenvalue weighted by Gasteiger charge is 2.36. The molecule has 2 N–H and O–H groups in total. The van der Waals surface area contributed by atoms with E-state index in [0.717, 1.165) is 0 Å². The number of likely N-dealkylation sites (N-methyl/N-ethyl adjacent to an activating group) is 1. The quantitative estimate of drug-likeness (QED) is 0.314. The summed E-state index contributed by atoms with van der Waals surface area (Å²) >= 11 is 0. The van der Waals surface area contributed by atoms with Crippen molar-refractivity contribution in [1.29, 1.82) is 0 Å². The molecule has 1 unspecified atom stereocenters. The fraction of sp³-hybridized carbons (Fsp3) is 0.923. The van der Waals surface area contributed by atoms with Crippen molar-refractivity contribution in [1.82, 2.24) is 5.32 Å². The lowest BCUT2D eigenvalue weighted by Crippen LogP contribution is -2.44. The maximum absolute atomic E-state index is 11.7. The summed E-state index contributed by atoms with van der Waals surface area (Å²) < 4.78 is 16.5. The van der Waals surface area contributed by atoms with E-state index in [4.69, 9.17) is 13.3 Å². The van der Waals surface area contributed by atoms with Crippen molar-refractivity contribution in [2.24, 2.45) is 0 Å². The Labute approximate surface area is 129 Å². The van der Waals surface area contributed by atoms with E-state index in [1.807, 2.05) is 21.1 Å². The Kier molecular flexibility index (Phi) is 9.26. The molecule has 126 valence electrons. The Balaban J connectivity index is 3.95. The minimum Gasteiger partial charge on any atom is -0.387 e. The highest BCUT2D eigenvalue weighted by Crippen LogP contribution is 2.14. The molecule has 0 heterocycles. The van der Waals surface area contributed by atoms with Crippen molar-refractivity contribution in [2.45, 2.75) is 25.0 Å². The number of rotatable bonds is 11. The molecule has 1 atom stereocenters. The third-order valence-electron chi connectivity index (χ3n) is 3.09. The lowest BCUT2D eigenvalue weighted by atomic mass is 10.2. The number of aliphatic hydroxyl groups excluding tert-OH is 1. The second-order valence-corrected chi connectivity index (χ2v) is 9.17. The first-order valence-corrected chi connectivity index (χ1v) is 9.02. The molecule has 0 bridgehead atoms. The number of nitrogens with one attached hydrogen (secondary N) is 1. The Bertz CT molecular complexity index is 297. The van der Waals surface area contributed by atoms with Crippen molar-refractivity contribution >= 4 is 14.7 Å². The van der Waals surface area contributed by atoms with Gasteiger partial charge in [-0.3, -0.25) is 4.79 Å². The zero-order valence-corrected chi connectivity index (χ0v) is 15.1. The van der Waals surface area contributed by atoms with Crippen LogP contribution in [0.25, 0.3) is 0 Å². The fourth-order valence-corrected chi connectivity index (χ4v) is 3.79. The summed E-state index contributed by atoms with van der Waals surface area (Å²) in [5.41, 5.74) is 0. The number of carbonyl (C=O) groups is 1. The zero-order chi connectivity index (χ0) is 16.5. The molecular weight excluding hydrogens is 292 g/mol. The number of hydrogen-bond donors (Lipinski definition) is 2. The highest BCUT2D eigenvalue weighted by atomic mass is 28.4. The highest BCUT2D eigenvalue weighted by molar-refractivity contribution is 6.60. The Morgan fingerprint density at radius 1 is 1.19 bits per heavy atom. The SMILES string of the molecule is CO[Si](CCCNC(=O)CC(O)C[N+](C)(C)C)(OC)OC. The van der Waals surface area contributed by atoms with Gasteiger partial charge in [0.05, 0.1) is 27.6 Å². The number of aliphatic hydroxyl groups is 1. The average Bonchev–Trinajstić information content (AvgIpc) is 2.37. The van der Waals surface area contributed by atoms with Gasteiger partial charge in [-0.1, -0.05) is 0 Å². The van der Waals surface area contributed by atoms with Crippen LogP contribution in [0.5, 0.6) is 0 Å². The first-order valence-electron chi connectivity index (χ1n) is 7.08. The molecule has 0 aliphatic carbocycles. The summed E-state index contributed by atoms with van der Waals surface area (Å²) in [6.07, 6.45) is 0.200. The minimum absolute atomic E-state index is 0.122.